The van der Waals surface area contributed by atoms with E-state index in [-0.39, 0.29) is 18.3 Å². The third kappa shape index (κ3) is 14.0. The Bertz CT molecular complexity index is 227. The van der Waals surface area contributed by atoms with Crippen LogP contribution in [0.15, 0.2) is 0 Å². The second-order valence-corrected chi connectivity index (χ2v) is 5.79. The molecule has 0 aromatic heterocycles. The molecule has 4 nitrogen and oxygen atoms in total. The van der Waals surface area contributed by atoms with Crippen LogP contribution in [0.1, 0.15) is 47.0 Å². The van der Waals surface area contributed by atoms with Gasteiger partial charge in [-0.2, -0.15) is 0 Å². The number of unbranched alkanes of at least 4 members (excludes halogenated alkanes) is 1. The molecule has 0 atom stereocenters. The molecular formula is C16H32O4. The normalized spacial score (nSPS) is 11.5. The average molecular weight is 288 g/mol. The van der Waals surface area contributed by atoms with Crippen molar-refractivity contribution in [2.75, 3.05) is 39.6 Å². The van der Waals surface area contributed by atoms with E-state index < -0.39 is 0 Å². The first-order chi connectivity index (χ1) is 9.54. The molecule has 0 aliphatic carbocycles. The monoisotopic (exact) mass is 288 g/mol. The minimum Gasteiger partial charge on any atom is -0.379 e. The van der Waals surface area contributed by atoms with Gasteiger partial charge in [-0.05, 0) is 12.3 Å². The van der Waals surface area contributed by atoms with Crippen molar-refractivity contribution in [3.05, 3.63) is 0 Å². The standard InChI is InChI=1S/C16H32O4/c1-14(2)7-5-6-8-18-9-10-19-11-12-20-13-16(17)15(3)4/h14-15H,5-13H2,1-4H3. The van der Waals surface area contributed by atoms with Gasteiger partial charge in [-0.15, -0.1) is 0 Å². The Morgan fingerprint density at radius 1 is 0.800 bits per heavy atom. The van der Waals surface area contributed by atoms with Crippen molar-refractivity contribution in [1.82, 2.24) is 0 Å². The van der Waals surface area contributed by atoms with Gasteiger partial charge in [0.2, 0.25) is 0 Å². The largest absolute Gasteiger partial charge is 0.379 e. The van der Waals surface area contributed by atoms with Crippen LogP contribution in [0.4, 0.5) is 0 Å². The molecule has 0 rings (SSSR count). The lowest BCUT2D eigenvalue weighted by atomic mass is 10.1. The summed E-state index contributed by atoms with van der Waals surface area (Å²) in [4.78, 5) is 11.3. The number of ether oxygens (including phenoxy) is 3. The van der Waals surface area contributed by atoms with Crippen LogP contribution in [0.3, 0.4) is 0 Å². The van der Waals surface area contributed by atoms with E-state index in [1.165, 1.54) is 12.8 Å². The summed E-state index contributed by atoms with van der Waals surface area (Å²) in [5, 5.41) is 0. The van der Waals surface area contributed by atoms with Gasteiger partial charge < -0.3 is 14.2 Å². The first-order valence-electron chi connectivity index (χ1n) is 7.80. The smallest absolute Gasteiger partial charge is 0.160 e. The van der Waals surface area contributed by atoms with Crippen molar-refractivity contribution in [2.45, 2.75) is 47.0 Å². The molecule has 0 bridgehead atoms. The van der Waals surface area contributed by atoms with Crippen LogP contribution in [-0.4, -0.2) is 45.4 Å². The van der Waals surface area contributed by atoms with Crippen molar-refractivity contribution >= 4 is 5.78 Å². The second-order valence-electron chi connectivity index (χ2n) is 5.79. The van der Waals surface area contributed by atoms with Gasteiger partial charge in [0.1, 0.15) is 6.61 Å². The summed E-state index contributed by atoms with van der Waals surface area (Å²) in [5.74, 6) is 0.954. The van der Waals surface area contributed by atoms with Gasteiger partial charge in [-0.3, -0.25) is 4.79 Å². The number of hydrogen-bond acceptors (Lipinski definition) is 4. The highest BCUT2D eigenvalue weighted by molar-refractivity contribution is 5.81. The molecule has 0 amide bonds. The molecule has 0 fully saturated rings. The molecule has 0 spiro atoms. The predicted octanol–water partition coefficient (Wildman–Crippen LogP) is 3.09. The van der Waals surface area contributed by atoms with E-state index in [1.807, 2.05) is 13.8 Å². The highest BCUT2D eigenvalue weighted by Gasteiger charge is 2.06. The minimum atomic E-state index is 0.0417. The summed E-state index contributed by atoms with van der Waals surface area (Å²) in [6.45, 7) is 11.4. The Morgan fingerprint density at radius 3 is 1.90 bits per heavy atom. The number of carbonyl (C=O) groups is 1. The van der Waals surface area contributed by atoms with Crippen molar-refractivity contribution in [3.63, 3.8) is 0 Å². The Kier molecular flexibility index (Phi) is 13.2. The van der Waals surface area contributed by atoms with Crippen molar-refractivity contribution < 1.29 is 19.0 Å². The zero-order valence-corrected chi connectivity index (χ0v) is 13.7. The summed E-state index contributed by atoms with van der Waals surface area (Å²) in [5.41, 5.74) is 0. The molecule has 0 saturated carbocycles. The highest BCUT2D eigenvalue weighted by Crippen LogP contribution is 2.05. The van der Waals surface area contributed by atoms with Gasteiger partial charge in [0.05, 0.1) is 26.4 Å². The molecule has 0 aliphatic heterocycles. The topological polar surface area (TPSA) is 44.8 Å². The van der Waals surface area contributed by atoms with Crippen molar-refractivity contribution in [1.29, 1.82) is 0 Å². The third-order valence-electron chi connectivity index (χ3n) is 2.95. The van der Waals surface area contributed by atoms with Crippen molar-refractivity contribution in [3.8, 4) is 0 Å². The number of Topliss-reactive ketones (excluding diaryl/α,β-unsaturated/α-hetero) is 1. The van der Waals surface area contributed by atoms with Crippen LogP contribution in [-0.2, 0) is 19.0 Å². The fourth-order valence-electron chi connectivity index (χ4n) is 1.54. The lowest BCUT2D eigenvalue weighted by molar-refractivity contribution is -0.127. The fraction of sp³-hybridized carbons (Fsp3) is 0.938. The van der Waals surface area contributed by atoms with Gasteiger partial charge in [-0.1, -0.05) is 40.5 Å². The molecule has 120 valence electrons. The molecule has 20 heavy (non-hydrogen) atoms. The maximum atomic E-state index is 11.3. The highest BCUT2D eigenvalue weighted by atomic mass is 16.5. The summed E-state index contributed by atoms with van der Waals surface area (Å²) < 4.78 is 16.1. The molecule has 4 heteroatoms. The van der Waals surface area contributed by atoms with E-state index in [9.17, 15) is 4.79 Å². The van der Waals surface area contributed by atoms with Gasteiger partial charge >= 0.3 is 0 Å². The summed E-state index contributed by atoms with van der Waals surface area (Å²) in [6.07, 6.45) is 3.63. The van der Waals surface area contributed by atoms with Crippen LogP contribution < -0.4 is 0 Å². The van der Waals surface area contributed by atoms with E-state index in [0.29, 0.717) is 26.4 Å². The summed E-state index contributed by atoms with van der Waals surface area (Å²) in [7, 11) is 0. The number of ketones is 1. The first-order valence-corrected chi connectivity index (χ1v) is 7.80. The van der Waals surface area contributed by atoms with Crippen LogP contribution in [0.5, 0.6) is 0 Å². The van der Waals surface area contributed by atoms with Gasteiger partial charge in [0, 0.05) is 12.5 Å². The molecule has 0 heterocycles. The molecule has 0 aromatic rings. The first kappa shape index (κ1) is 19.6. The molecule has 0 aliphatic rings. The molecule has 0 aromatic carbocycles. The maximum Gasteiger partial charge on any atom is 0.160 e. The molecule has 0 unspecified atom stereocenters. The van der Waals surface area contributed by atoms with Gasteiger partial charge in [-0.25, -0.2) is 0 Å². The molecule has 0 saturated heterocycles. The quantitative estimate of drug-likeness (QED) is 0.461. The van der Waals surface area contributed by atoms with Crippen LogP contribution in [0.2, 0.25) is 0 Å². The second kappa shape index (κ2) is 13.5. The number of rotatable bonds is 14. The van der Waals surface area contributed by atoms with Crippen LogP contribution in [0, 0.1) is 11.8 Å². The summed E-state index contributed by atoms with van der Waals surface area (Å²) >= 11 is 0. The Balaban J connectivity index is 3.08. The van der Waals surface area contributed by atoms with Gasteiger partial charge in [0.25, 0.3) is 0 Å². The zero-order chi connectivity index (χ0) is 15.2. The number of hydrogen-bond donors (Lipinski definition) is 0. The fourth-order valence-corrected chi connectivity index (χ4v) is 1.54. The Morgan fingerprint density at radius 2 is 1.35 bits per heavy atom. The number of carbonyl (C=O) groups excluding carboxylic acids is 1. The minimum absolute atomic E-state index is 0.0417. The summed E-state index contributed by atoms with van der Waals surface area (Å²) in [6, 6.07) is 0. The predicted molar refractivity (Wildman–Crippen MR) is 81.0 cm³/mol. The zero-order valence-electron chi connectivity index (χ0n) is 13.7. The Labute approximate surface area is 124 Å². The van der Waals surface area contributed by atoms with Crippen molar-refractivity contribution in [2.24, 2.45) is 11.8 Å². The SMILES string of the molecule is CC(C)CCCCOCCOCCOCC(=O)C(C)C. The van der Waals surface area contributed by atoms with E-state index >= 15 is 0 Å². The molecular weight excluding hydrogens is 256 g/mol. The van der Waals surface area contributed by atoms with E-state index in [4.69, 9.17) is 14.2 Å². The van der Waals surface area contributed by atoms with E-state index in [1.54, 1.807) is 0 Å². The Hall–Kier alpha value is -0.450. The lowest BCUT2D eigenvalue weighted by Gasteiger charge is -2.08. The average Bonchev–Trinajstić information content (AvgIpc) is 2.39. The van der Waals surface area contributed by atoms with Gasteiger partial charge in [0.15, 0.2) is 5.78 Å². The lowest BCUT2D eigenvalue weighted by Crippen LogP contribution is -2.17. The molecule has 0 N–H and O–H groups in total. The maximum absolute atomic E-state index is 11.3. The van der Waals surface area contributed by atoms with E-state index in [0.717, 1.165) is 18.9 Å². The van der Waals surface area contributed by atoms with E-state index in [2.05, 4.69) is 13.8 Å². The van der Waals surface area contributed by atoms with Crippen LogP contribution in [0.25, 0.3) is 0 Å². The third-order valence-corrected chi connectivity index (χ3v) is 2.95. The molecule has 0 radical (unpaired) electrons. The van der Waals surface area contributed by atoms with Crippen LogP contribution >= 0.6 is 0 Å².